The van der Waals surface area contributed by atoms with Crippen LogP contribution in [0.25, 0.3) is 33.7 Å². The summed E-state index contributed by atoms with van der Waals surface area (Å²) < 4.78 is 10.9. The molecule has 2 N–H and O–H groups in total. The number of aromatic hydroxyl groups is 1. The standard InChI is InChI=1S/C40H38N8O4/c1-47(13-11-43-39-29-17-23-21-41-9-7-26(23)34(29)36-32(46-39)19-25(52-4)20-33(36)49)15-16-48(2)14-12-44-40-37-35(27-8-10-42-22-30(27)38(37)50)28-6-5-24(51-3)18-31(28)45-40/h5-10,17-22,49H,11-16H2,1-4H3,(H,44,45). The number of ether oxygens (including phenoxy) is 2. The minimum Gasteiger partial charge on any atom is -0.507 e. The number of fused-ring (bicyclic) bond motifs is 9. The minimum atomic E-state index is -0.0626. The fourth-order valence-corrected chi connectivity index (χ4v) is 7.10. The molecule has 0 spiro atoms. The number of phenolic OH excluding ortho intramolecular Hbond substituents is 1. The van der Waals surface area contributed by atoms with Gasteiger partial charge in [0.15, 0.2) is 11.6 Å². The number of phenols is 1. The highest BCUT2D eigenvalue weighted by molar-refractivity contribution is 6.28. The highest BCUT2D eigenvalue weighted by Crippen LogP contribution is 2.44. The molecule has 52 heavy (non-hydrogen) atoms. The SMILES string of the molecule is COc1cc(O)c2c(c1)=NC(=NCCN(C)CCN(C)CCNc1nc3cc(OC)ccc3c3c1C(=O)c1cnccc1-3)C1=Cc3cnccc3C=21. The molecule has 12 heteroatoms. The van der Waals surface area contributed by atoms with E-state index in [-0.39, 0.29) is 11.5 Å². The molecule has 8 rings (SSSR count). The fraction of sp³-hybridized carbons (Fsp3) is 0.250. The lowest BCUT2D eigenvalue weighted by atomic mass is 9.97. The van der Waals surface area contributed by atoms with Gasteiger partial charge in [0.05, 0.1) is 42.4 Å². The Bertz CT molecular complexity index is 2460. The number of rotatable bonds is 12. The smallest absolute Gasteiger partial charge is 0.199 e. The molecular weight excluding hydrogens is 656 g/mol. The number of hydrogen-bond donors (Lipinski definition) is 2. The zero-order valence-corrected chi connectivity index (χ0v) is 29.5. The number of benzene rings is 2. The molecule has 0 atom stereocenters. The van der Waals surface area contributed by atoms with Gasteiger partial charge in [-0.25, -0.2) is 9.98 Å². The van der Waals surface area contributed by atoms with Crippen molar-refractivity contribution < 1.29 is 19.4 Å². The first-order valence-electron chi connectivity index (χ1n) is 17.2. The van der Waals surface area contributed by atoms with Crippen LogP contribution in [0.5, 0.6) is 17.2 Å². The molecule has 0 saturated heterocycles. The number of likely N-dealkylation sites (N-methyl/N-ethyl adjacent to an activating group) is 2. The van der Waals surface area contributed by atoms with Gasteiger partial charge in [0.25, 0.3) is 0 Å². The van der Waals surface area contributed by atoms with Crippen LogP contribution in [-0.2, 0) is 0 Å². The second-order valence-corrected chi connectivity index (χ2v) is 13.1. The summed E-state index contributed by atoms with van der Waals surface area (Å²) in [4.78, 5) is 41.2. The summed E-state index contributed by atoms with van der Waals surface area (Å²) in [5.41, 5.74) is 7.49. The van der Waals surface area contributed by atoms with Crippen LogP contribution >= 0.6 is 0 Å². The number of nitrogens with zero attached hydrogens (tertiary/aromatic N) is 7. The maximum atomic E-state index is 13.5. The number of pyridine rings is 3. The molecule has 0 bridgehead atoms. The Hall–Kier alpha value is -5.98. The Morgan fingerprint density at radius 2 is 1.62 bits per heavy atom. The molecule has 0 saturated carbocycles. The predicted molar refractivity (Wildman–Crippen MR) is 201 cm³/mol. The van der Waals surface area contributed by atoms with Crippen LogP contribution in [0.1, 0.15) is 27.0 Å². The maximum absolute atomic E-state index is 13.5. The number of ketones is 1. The number of hydrogen-bond acceptors (Lipinski definition) is 11. The Labute approximate surface area is 300 Å². The van der Waals surface area contributed by atoms with E-state index in [0.717, 1.165) is 70.5 Å². The summed E-state index contributed by atoms with van der Waals surface area (Å²) >= 11 is 0. The molecule has 262 valence electrons. The van der Waals surface area contributed by atoms with Gasteiger partial charge < -0.3 is 29.7 Å². The number of aliphatic imine (C=N–C) groups is 1. The first kappa shape index (κ1) is 33.2. The highest BCUT2D eigenvalue weighted by Gasteiger charge is 2.33. The molecule has 2 aromatic carbocycles. The fourth-order valence-electron chi connectivity index (χ4n) is 7.10. The van der Waals surface area contributed by atoms with Crippen LogP contribution in [-0.4, -0.2) is 109 Å². The molecule has 3 aliphatic rings. The average Bonchev–Trinajstić information content (AvgIpc) is 3.69. The molecule has 12 nitrogen and oxygen atoms in total. The Kier molecular flexibility index (Phi) is 8.69. The van der Waals surface area contributed by atoms with Crippen molar-refractivity contribution in [3.05, 3.63) is 106 Å². The number of aromatic nitrogens is 3. The second-order valence-electron chi connectivity index (χ2n) is 13.1. The summed E-state index contributed by atoms with van der Waals surface area (Å²) in [6, 6.07) is 13.1. The lowest BCUT2D eigenvalue weighted by Gasteiger charge is -2.22. The molecule has 2 aliphatic carbocycles. The number of carbonyl (C=O) groups excluding carboxylic acids is 1. The molecular formula is C40H38N8O4. The third kappa shape index (κ3) is 5.85. The van der Waals surface area contributed by atoms with Crippen molar-refractivity contribution in [2.24, 2.45) is 9.98 Å². The van der Waals surface area contributed by atoms with E-state index in [4.69, 9.17) is 24.4 Å². The first-order chi connectivity index (χ1) is 25.3. The van der Waals surface area contributed by atoms with E-state index in [1.807, 2.05) is 48.7 Å². The van der Waals surface area contributed by atoms with Crippen LogP contribution in [0.2, 0.25) is 0 Å². The van der Waals surface area contributed by atoms with Crippen molar-refractivity contribution >= 4 is 40.0 Å². The number of amidine groups is 1. The third-order valence-electron chi connectivity index (χ3n) is 9.86. The largest absolute Gasteiger partial charge is 0.507 e. The number of anilines is 1. The molecule has 0 unspecified atom stereocenters. The van der Waals surface area contributed by atoms with E-state index in [2.05, 4.69) is 39.2 Å². The Morgan fingerprint density at radius 3 is 2.42 bits per heavy atom. The normalized spacial score (nSPS) is 14.6. The highest BCUT2D eigenvalue weighted by atomic mass is 16.5. The number of nitrogens with one attached hydrogen (secondary N) is 1. The monoisotopic (exact) mass is 694 g/mol. The van der Waals surface area contributed by atoms with Gasteiger partial charge in [0, 0.05) is 109 Å². The van der Waals surface area contributed by atoms with Crippen molar-refractivity contribution in [3.63, 3.8) is 0 Å². The van der Waals surface area contributed by atoms with Crippen LogP contribution < -0.4 is 25.4 Å². The van der Waals surface area contributed by atoms with Gasteiger partial charge in [-0.15, -0.1) is 0 Å². The summed E-state index contributed by atoms with van der Waals surface area (Å²) in [7, 11) is 7.38. The van der Waals surface area contributed by atoms with E-state index in [9.17, 15) is 9.90 Å². The van der Waals surface area contributed by atoms with E-state index < -0.39 is 0 Å². The van der Waals surface area contributed by atoms with Crippen LogP contribution in [0.3, 0.4) is 0 Å². The van der Waals surface area contributed by atoms with E-state index in [1.165, 1.54) is 0 Å². The van der Waals surface area contributed by atoms with Crippen molar-refractivity contribution in [2.75, 3.05) is 72.9 Å². The average molecular weight is 695 g/mol. The van der Waals surface area contributed by atoms with Crippen molar-refractivity contribution in [1.82, 2.24) is 24.8 Å². The van der Waals surface area contributed by atoms with Gasteiger partial charge >= 0.3 is 0 Å². The van der Waals surface area contributed by atoms with Crippen molar-refractivity contribution in [1.29, 1.82) is 0 Å². The van der Waals surface area contributed by atoms with Gasteiger partial charge in [-0.05, 0) is 55.6 Å². The summed E-state index contributed by atoms with van der Waals surface area (Å²) in [5, 5.41) is 16.6. The van der Waals surface area contributed by atoms with Gasteiger partial charge in [0.1, 0.15) is 23.1 Å². The zero-order valence-electron chi connectivity index (χ0n) is 29.5. The lowest BCUT2D eigenvalue weighted by Crippen LogP contribution is -2.35. The van der Waals surface area contributed by atoms with Gasteiger partial charge in [-0.3, -0.25) is 19.8 Å². The molecule has 1 aliphatic heterocycles. The van der Waals surface area contributed by atoms with Crippen LogP contribution in [0.15, 0.2) is 82.8 Å². The first-order valence-corrected chi connectivity index (χ1v) is 17.2. The van der Waals surface area contributed by atoms with Gasteiger partial charge in [-0.1, -0.05) is 0 Å². The van der Waals surface area contributed by atoms with Crippen LogP contribution in [0.4, 0.5) is 5.82 Å². The van der Waals surface area contributed by atoms with Gasteiger partial charge in [0.2, 0.25) is 0 Å². The minimum absolute atomic E-state index is 0.0626. The van der Waals surface area contributed by atoms with Crippen LogP contribution in [0, 0.1) is 0 Å². The summed E-state index contributed by atoms with van der Waals surface area (Å²) in [6.07, 6.45) is 8.98. The molecule has 5 aromatic rings. The van der Waals surface area contributed by atoms with Gasteiger partial charge in [-0.2, -0.15) is 0 Å². The van der Waals surface area contributed by atoms with E-state index >= 15 is 0 Å². The maximum Gasteiger partial charge on any atom is 0.199 e. The molecule has 0 amide bonds. The Balaban J connectivity index is 0.911. The quantitative estimate of drug-likeness (QED) is 0.196. The Morgan fingerprint density at radius 1 is 0.846 bits per heavy atom. The van der Waals surface area contributed by atoms with Crippen molar-refractivity contribution in [2.45, 2.75) is 0 Å². The number of methoxy groups -OCH3 is 2. The molecule has 3 aromatic heterocycles. The van der Waals surface area contributed by atoms with Crippen molar-refractivity contribution in [3.8, 4) is 28.4 Å². The van der Waals surface area contributed by atoms with E-state index in [0.29, 0.717) is 57.9 Å². The summed E-state index contributed by atoms with van der Waals surface area (Å²) in [6.45, 7) is 4.34. The lowest BCUT2D eigenvalue weighted by molar-refractivity contribution is 0.104. The molecule has 0 radical (unpaired) electrons. The predicted octanol–water partition coefficient (Wildman–Crippen LogP) is 3.56. The van der Waals surface area contributed by atoms with E-state index in [1.54, 1.807) is 38.9 Å². The topological polar surface area (TPSA) is 138 Å². The molecule has 0 fully saturated rings. The third-order valence-corrected chi connectivity index (χ3v) is 9.86. The summed E-state index contributed by atoms with van der Waals surface area (Å²) in [5.74, 6) is 2.51. The second kappa shape index (κ2) is 13.6. The zero-order chi connectivity index (χ0) is 35.9. The number of carbonyl (C=O) groups is 1. The molecule has 4 heterocycles.